The molecule has 7 nitrogen and oxygen atoms in total. The molecule has 1 aromatic rings. The van der Waals surface area contributed by atoms with E-state index in [1.54, 1.807) is 6.92 Å². The Morgan fingerprint density at radius 2 is 1.89 bits per heavy atom. The van der Waals surface area contributed by atoms with Crippen LogP contribution in [0.3, 0.4) is 0 Å². The number of carbonyl (C=O) groups excluding carboxylic acids is 1. The molecule has 0 aromatic carbocycles. The van der Waals surface area contributed by atoms with Gasteiger partial charge in [-0.3, -0.25) is 4.79 Å². The standard InChI is InChI=1S/C10H16N4O3.ClH/c1-6(4-11)14-8(15)7-9(16-2)12-5-13-10(7)17-3;/h5-6H,4,11H2,1-3H3,(H,14,15);1H/t6-;/m0./s1. The van der Waals surface area contributed by atoms with Crippen molar-refractivity contribution < 1.29 is 14.3 Å². The first-order valence-corrected chi connectivity index (χ1v) is 5.08. The first kappa shape index (κ1) is 16.4. The predicted octanol–water partition coefficient (Wildman–Crippen LogP) is -0.00740. The molecule has 0 aliphatic carbocycles. The van der Waals surface area contributed by atoms with Crippen LogP contribution in [0.1, 0.15) is 17.3 Å². The average molecular weight is 277 g/mol. The highest BCUT2D eigenvalue weighted by Crippen LogP contribution is 2.22. The van der Waals surface area contributed by atoms with Gasteiger partial charge in [-0.1, -0.05) is 0 Å². The molecule has 0 aliphatic heterocycles. The molecule has 0 bridgehead atoms. The Balaban J connectivity index is 0.00000289. The van der Waals surface area contributed by atoms with E-state index in [1.807, 2.05) is 0 Å². The van der Waals surface area contributed by atoms with E-state index < -0.39 is 0 Å². The number of methoxy groups -OCH3 is 2. The smallest absolute Gasteiger partial charge is 0.262 e. The van der Waals surface area contributed by atoms with Gasteiger partial charge in [0.25, 0.3) is 5.91 Å². The molecule has 1 rings (SSSR count). The molecule has 0 radical (unpaired) electrons. The molecule has 3 N–H and O–H groups in total. The molecule has 0 unspecified atom stereocenters. The van der Waals surface area contributed by atoms with E-state index in [0.717, 1.165) is 0 Å². The Bertz CT molecular complexity index is 380. The molecule has 0 saturated carbocycles. The summed E-state index contributed by atoms with van der Waals surface area (Å²) in [7, 11) is 2.84. The Morgan fingerprint density at radius 1 is 1.39 bits per heavy atom. The fourth-order valence-corrected chi connectivity index (χ4v) is 1.21. The third-order valence-electron chi connectivity index (χ3n) is 2.12. The Labute approximate surface area is 111 Å². The number of rotatable bonds is 5. The molecule has 1 atom stereocenters. The van der Waals surface area contributed by atoms with Crippen molar-refractivity contribution in [3.8, 4) is 11.8 Å². The van der Waals surface area contributed by atoms with E-state index in [1.165, 1.54) is 20.5 Å². The van der Waals surface area contributed by atoms with Crippen LogP contribution in [0.2, 0.25) is 0 Å². The van der Waals surface area contributed by atoms with Crippen molar-refractivity contribution in [3.63, 3.8) is 0 Å². The SMILES string of the molecule is COc1ncnc(OC)c1C(=O)N[C@@H](C)CN.Cl. The van der Waals surface area contributed by atoms with Gasteiger partial charge in [-0.25, -0.2) is 9.97 Å². The van der Waals surface area contributed by atoms with Gasteiger partial charge >= 0.3 is 0 Å². The van der Waals surface area contributed by atoms with Crippen molar-refractivity contribution in [1.82, 2.24) is 15.3 Å². The van der Waals surface area contributed by atoms with Crippen LogP contribution in [0.5, 0.6) is 11.8 Å². The van der Waals surface area contributed by atoms with E-state index in [2.05, 4.69) is 15.3 Å². The summed E-state index contributed by atoms with van der Waals surface area (Å²) in [6.45, 7) is 2.13. The summed E-state index contributed by atoms with van der Waals surface area (Å²) in [6, 6.07) is -0.155. The van der Waals surface area contributed by atoms with Crippen LogP contribution in [0, 0.1) is 0 Å². The average Bonchev–Trinajstić information content (AvgIpc) is 2.37. The maximum absolute atomic E-state index is 12.0. The lowest BCUT2D eigenvalue weighted by Crippen LogP contribution is -2.38. The zero-order valence-electron chi connectivity index (χ0n) is 10.5. The maximum Gasteiger partial charge on any atom is 0.262 e. The number of nitrogens with one attached hydrogen (secondary N) is 1. The van der Waals surface area contributed by atoms with Gasteiger partial charge in [0.15, 0.2) is 5.56 Å². The van der Waals surface area contributed by atoms with Crippen LogP contribution in [-0.4, -0.2) is 42.7 Å². The molecule has 18 heavy (non-hydrogen) atoms. The zero-order valence-corrected chi connectivity index (χ0v) is 11.3. The molecule has 1 amide bonds. The van der Waals surface area contributed by atoms with E-state index in [9.17, 15) is 4.79 Å². The lowest BCUT2D eigenvalue weighted by atomic mass is 10.2. The lowest BCUT2D eigenvalue weighted by Gasteiger charge is -2.14. The van der Waals surface area contributed by atoms with Crippen molar-refractivity contribution in [2.24, 2.45) is 5.73 Å². The first-order chi connectivity index (χ1) is 8.13. The summed E-state index contributed by atoms with van der Waals surface area (Å²) in [5, 5.41) is 2.69. The molecule has 0 saturated heterocycles. The summed E-state index contributed by atoms with van der Waals surface area (Å²) in [6.07, 6.45) is 1.26. The normalized spacial score (nSPS) is 11.1. The van der Waals surface area contributed by atoms with E-state index in [4.69, 9.17) is 15.2 Å². The second-order valence-corrected chi connectivity index (χ2v) is 3.38. The van der Waals surface area contributed by atoms with E-state index in [0.29, 0.717) is 6.54 Å². The molecule has 0 fully saturated rings. The molecular formula is C10H17ClN4O3. The number of hydrogen-bond acceptors (Lipinski definition) is 6. The number of carbonyl (C=O) groups is 1. The number of nitrogens with zero attached hydrogens (tertiary/aromatic N) is 2. The largest absolute Gasteiger partial charge is 0.480 e. The van der Waals surface area contributed by atoms with Crippen LogP contribution < -0.4 is 20.5 Å². The highest BCUT2D eigenvalue weighted by atomic mass is 35.5. The topological polar surface area (TPSA) is 99.4 Å². The summed E-state index contributed by atoms with van der Waals surface area (Å²) >= 11 is 0. The minimum absolute atomic E-state index is 0. The Kier molecular flexibility index (Phi) is 6.99. The zero-order chi connectivity index (χ0) is 12.8. The molecular weight excluding hydrogens is 260 g/mol. The van der Waals surface area contributed by atoms with Crippen LogP contribution in [-0.2, 0) is 0 Å². The minimum atomic E-state index is -0.378. The minimum Gasteiger partial charge on any atom is -0.480 e. The van der Waals surface area contributed by atoms with Gasteiger partial charge in [-0.2, -0.15) is 0 Å². The highest BCUT2D eigenvalue weighted by Gasteiger charge is 2.21. The molecule has 1 aromatic heterocycles. The van der Waals surface area contributed by atoms with Crippen molar-refractivity contribution in [1.29, 1.82) is 0 Å². The van der Waals surface area contributed by atoms with Crippen molar-refractivity contribution in [2.75, 3.05) is 20.8 Å². The fraction of sp³-hybridized carbons (Fsp3) is 0.500. The van der Waals surface area contributed by atoms with Crippen molar-refractivity contribution in [2.45, 2.75) is 13.0 Å². The summed E-state index contributed by atoms with van der Waals surface area (Å²) in [5.74, 6) is -0.0469. The number of amides is 1. The van der Waals surface area contributed by atoms with Crippen LogP contribution in [0.15, 0.2) is 6.33 Å². The summed E-state index contributed by atoms with van der Waals surface area (Å²) in [5.41, 5.74) is 5.60. The van der Waals surface area contributed by atoms with Crippen molar-refractivity contribution >= 4 is 18.3 Å². The number of aromatic nitrogens is 2. The molecule has 102 valence electrons. The van der Waals surface area contributed by atoms with Crippen LogP contribution in [0.4, 0.5) is 0 Å². The van der Waals surface area contributed by atoms with Gasteiger partial charge in [-0.15, -0.1) is 12.4 Å². The van der Waals surface area contributed by atoms with Gasteiger partial charge in [0.05, 0.1) is 14.2 Å². The van der Waals surface area contributed by atoms with Gasteiger partial charge in [0, 0.05) is 12.6 Å². The van der Waals surface area contributed by atoms with Gasteiger partial charge in [0.2, 0.25) is 11.8 Å². The summed E-state index contributed by atoms with van der Waals surface area (Å²) < 4.78 is 10.0. The number of ether oxygens (including phenoxy) is 2. The lowest BCUT2D eigenvalue weighted by molar-refractivity contribution is 0.0933. The third kappa shape index (κ3) is 3.71. The number of halogens is 1. The molecule has 8 heteroatoms. The summed E-state index contributed by atoms with van der Waals surface area (Å²) in [4.78, 5) is 19.7. The monoisotopic (exact) mass is 276 g/mol. The first-order valence-electron chi connectivity index (χ1n) is 5.08. The Morgan fingerprint density at radius 3 is 2.28 bits per heavy atom. The van der Waals surface area contributed by atoms with E-state index >= 15 is 0 Å². The third-order valence-corrected chi connectivity index (χ3v) is 2.12. The molecule has 1 heterocycles. The van der Waals surface area contributed by atoms with E-state index in [-0.39, 0.29) is 41.7 Å². The second kappa shape index (κ2) is 7.67. The van der Waals surface area contributed by atoms with Gasteiger partial charge in [-0.05, 0) is 6.92 Å². The van der Waals surface area contributed by atoms with Crippen molar-refractivity contribution in [3.05, 3.63) is 11.9 Å². The molecule has 0 spiro atoms. The van der Waals surface area contributed by atoms with Gasteiger partial charge < -0.3 is 20.5 Å². The van der Waals surface area contributed by atoms with Gasteiger partial charge in [0.1, 0.15) is 6.33 Å². The second-order valence-electron chi connectivity index (χ2n) is 3.38. The molecule has 0 aliphatic rings. The van der Waals surface area contributed by atoms with Crippen LogP contribution in [0.25, 0.3) is 0 Å². The fourth-order valence-electron chi connectivity index (χ4n) is 1.21. The quantitative estimate of drug-likeness (QED) is 0.785. The predicted molar refractivity (Wildman–Crippen MR) is 68.4 cm³/mol. The number of nitrogens with two attached hydrogens (primary N) is 1. The maximum atomic E-state index is 12.0. The number of hydrogen-bond donors (Lipinski definition) is 2. The van der Waals surface area contributed by atoms with Crippen LogP contribution >= 0.6 is 12.4 Å². The highest BCUT2D eigenvalue weighted by molar-refractivity contribution is 5.98. The Hall–Kier alpha value is -1.60.